The lowest BCUT2D eigenvalue weighted by Gasteiger charge is -2.38. The number of nitrogens with one attached hydrogen (secondary N) is 5. The van der Waals surface area contributed by atoms with Crippen molar-refractivity contribution in [3.05, 3.63) is 111 Å². The normalized spacial score (nSPS) is 13.6. The first-order valence-electron chi connectivity index (χ1n) is 10.6. The van der Waals surface area contributed by atoms with Gasteiger partial charge in [-0.2, -0.15) is 0 Å². The minimum atomic E-state index is -1.52. The smallest absolute Gasteiger partial charge is 0.327 e. The van der Waals surface area contributed by atoms with Gasteiger partial charge in [0.1, 0.15) is 17.7 Å². The number of nitro benzene ring substituents is 1. The largest absolute Gasteiger partial charge is 0.480 e. The van der Waals surface area contributed by atoms with E-state index in [-0.39, 0.29) is 40.4 Å². The van der Waals surface area contributed by atoms with Crippen LogP contribution in [-0.2, 0) is 11.2 Å². The molecular formula is C21H16N8O8. The van der Waals surface area contributed by atoms with Gasteiger partial charge in [-0.15, -0.1) is 0 Å². The standard InChI is InChI=1S/C21H16N8O8/c30-17-13-12(8-1-3-10(4-2-8)29(36)37)14-16(25-21(35)27-18(14)31)28(15(13)24-20(34)26-17)11(19(32)33)5-9-6-22-7-23-9/h1-4,6-7,11-12H,5H2,(H,22,23)(H,32,33)(H2,24,26,30,34)(H2,25,27,31,35). The third-order valence-electron chi connectivity index (χ3n) is 5.98. The summed E-state index contributed by atoms with van der Waals surface area (Å²) in [7, 11) is 0. The van der Waals surface area contributed by atoms with Gasteiger partial charge in [-0.3, -0.25) is 44.5 Å². The zero-order valence-electron chi connectivity index (χ0n) is 18.5. The number of aliphatic carboxylic acids is 1. The Bertz CT molecular complexity index is 1690. The van der Waals surface area contributed by atoms with Gasteiger partial charge in [-0.05, 0) is 5.56 Å². The maximum absolute atomic E-state index is 13.1. The van der Waals surface area contributed by atoms with Crippen LogP contribution in [-0.4, -0.2) is 51.9 Å². The summed E-state index contributed by atoms with van der Waals surface area (Å²) < 4.78 is 0. The van der Waals surface area contributed by atoms with Crippen LogP contribution in [0.2, 0.25) is 0 Å². The Kier molecular flexibility index (Phi) is 5.39. The highest BCUT2D eigenvalue weighted by atomic mass is 16.6. The number of hydrogen-bond donors (Lipinski definition) is 6. The first-order valence-corrected chi connectivity index (χ1v) is 10.6. The number of rotatable bonds is 6. The van der Waals surface area contributed by atoms with Gasteiger partial charge in [-0.25, -0.2) is 19.4 Å². The molecule has 1 aromatic carbocycles. The fourth-order valence-corrected chi connectivity index (χ4v) is 4.47. The second kappa shape index (κ2) is 8.59. The fourth-order valence-electron chi connectivity index (χ4n) is 4.47. The highest BCUT2D eigenvalue weighted by Gasteiger charge is 2.42. The monoisotopic (exact) mass is 508 g/mol. The van der Waals surface area contributed by atoms with Gasteiger partial charge in [0, 0.05) is 30.4 Å². The minimum Gasteiger partial charge on any atom is -0.480 e. The van der Waals surface area contributed by atoms with Crippen LogP contribution in [0.5, 0.6) is 0 Å². The number of hydrogen-bond acceptors (Lipinski definition) is 9. The topological polar surface area (TPSA) is 244 Å². The molecule has 4 heterocycles. The first-order chi connectivity index (χ1) is 17.7. The third-order valence-corrected chi connectivity index (χ3v) is 5.98. The van der Waals surface area contributed by atoms with E-state index in [1.165, 1.54) is 36.8 Å². The molecule has 0 bridgehead atoms. The van der Waals surface area contributed by atoms with E-state index in [9.17, 15) is 39.2 Å². The molecule has 6 N–H and O–H groups in total. The predicted molar refractivity (Wildman–Crippen MR) is 125 cm³/mol. The molecule has 1 aliphatic heterocycles. The van der Waals surface area contributed by atoms with Crippen LogP contribution in [0, 0.1) is 10.1 Å². The number of anilines is 2. The van der Waals surface area contributed by atoms with Gasteiger partial charge < -0.3 is 10.1 Å². The van der Waals surface area contributed by atoms with E-state index in [4.69, 9.17) is 0 Å². The molecular weight excluding hydrogens is 492 g/mol. The van der Waals surface area contributed by atoms with Crippen LogP contribution in [0.1, 0.15) is 28.3 Å². The molecule has 0 fully saturated rings. The number of carboxylic acids is 1. The number of imidazole rings is 1. The number of benzene rings is 1. The number of carboxylic acid groups (broad SMARTS) is 1. The zero-order chi connectivity index (χ0) is 26.4. The summed E-state index contributed by atoms with van der Waals surface area (Å²) in [6.07, 6.45) is 2.48. The van der Waals surface area contributed by atoms with E-state index >= 15 is 0 Å². The molecule has 5 rings (SSSR count). The Hall–Kier alpha value is -5.54. The Labute approximate surface area is 202 Å². The van der Waals surface area contributed by atoms with Crippen molar-refractivity contribution >= 4 is 23.3 Å². The Morgan fingerprint density at radius 3 is 2.03 bits per heavy atom. The van der Waals surface area contributed by atoms with E-state index in [0.717, 1.165) is 4.90 Å². The fraction of sp³-hybridized carbons (Fsp3) is 0.143. The first kappa shape index (κ1) is 23.2. The summed E-state index contributed by atoms with van der Waals surface area (Å²) in [5.41, 5.74) is -3.80. The second-order valence-corrected chi connectivity index (χ2v) is 8.13. The van der Waals surface area contributed by atoms with Crippen LogP contribution >= 0.6 is 0 Å². The van der Waals surface area contributed by atoms with Gasteiger partial charge in [0.05, 0.1) is 28.3 Å². The minimum absolute atomic E-state index is 0.200. The number of fused-ring (bicyclic) bond motifs is 2. The quantitative estimate of drug-likeness (QED) is 0.143. The van der Waals surface area contributed by atoms with Crippen molar-refractivity contribution < 1.29 is 14.8 Å². The average Bonchev–Trinajstić information content (AvgIpc) is 3.35. The summed E-state index contributed by atoms with van der Waals surface area (Å²) in [4.78, 5) is 90.4. The van der Waals surface area contributed by atoms with Gasteiger partial charge in [-0.1, -0.05) is 12.1 Å². The molecule has 0 saturated carbocycles. The summed E-state index contributed by atoms with van der Waals surface area (Å²) in [6.45, 7) is 0. The molecule has 1 unspecified atom stereocenters. The lowest BCUT2D eigenvalue weighted by Crippen LogP contribution is -2.49. The number of carbonyl (C=O) groups is 1. The van der Waals surface area contributed by atoms with Crippen LogP contribution in [0.4, 0.5) is 17.3 Å². The molecule has 1 aliphatic rings. The molecule has 16 nitrogen and oxygen atoms in total. The SMILES string of the molecule is O=C(O)C(Cc1cnc[nH]1)N1c2[nH]c(=O)[nH]c(=O)c2C(c2ccc([N+](=O)[O-])cc2)c2c1[nH]c(=O)[nH]c2=O. The third kappa shape index (κ3) is 3.91. The predicted octanol–water partition coefficient (Wildman–Crippen LogP) is -0.601. The lowest BCUT2D eigenvalue weighted by atomic mass is 9.83. The van der Waals surface area contributed by atoms with E-state index in [1.54, 1.807) is 0 Å². The number of H-pyrrole nitrogens is 5. The average molecular weight is 508 g/mol. The van der Waals surface area contributed by atoms with Crippen LogP contribution in [0.25, 0.3) is 0 Å². The molecule has 188 valence electrons. The van der Waals surface area contributed by atoms with Crippen molar-refractivity contribution in [2.45, 2.75) is 18.4 Å². The van der Waals surface area contributed by atoms with Gasteiger partial charge in [0.15, 0.2) is 0 Å². The highest BCUT2D eigenvalue weighted by Crippen LogP contribution is 2.44. The van der Waals surface area contributed by atoms with E-state index in [2.05, 4.69) is 29.9 Å². The van der Waals surface area contributed by atoms with Crippen molar-refractivity contribution in [1.82, 2.24) is 29.9 Å². The number of nitro groups is 1. The number of aromatic amines is 5. The molecule has 3 aromatic heterocycles. The number of non-ortho nitro benzene ring substituents is 1. The molecule has 4 aromatic rings. The molecule has 0 saturated heterocycles. The Morgan fingerprint density at radius 1 is 1.00 bits per heavy atom. The molecule has 37 heavy (non-hydrogen) atoms. The van der Waals surface area contributed by atoms with Crippen molar-refractivity contribution in [2.24, 2.45) is 0 Å². The summed E-state index contributed by atoms with van der Waals surface area (Å²) in [6, 6.07) is 3.45. The zero-order valence-corrected chi connectivity index (χ0v) is 18.5. The van der Waals surface area contributed by atoms with E-state index in [1.807, 2.05) is 0 Å². The number of nitrogens with zero attached hydrogens (tertiary/aromatic N) is 3. The molecule has 16 heteroatoms. The van der Waals surface area contributed by atoms with Gasteiger partial charge in [0.2, 0.25) is 0 Å². The van der Waals surface area contributed by atoms with E-state index < -0.39 is 45.4 Å². The highest BCUT2D eigenvalue weighted by molar-refractivity contribution is 5.85. The van der Waals surface area contributed by atoms with Gasteiger partial charge in [0.25, 0.3) is 16.8 Å². The summed E-state index contributed by atoms with van der Waals surface area (Å²) >= 11 is 0. The number of aromatic nitrogens is 6. The second-order valence-electron chi connectivity index (χ2n) is 8.13. The maximum Gasteiger partial charge on any atom is 0.327 e. The Balaban J connectivity index is 1.84. The van der Waals surface area contributed by atoms with Crippen molar-refractivity contribution in [3.8, 4) is 0 Å². The molecule has 0 spiro atoms. The molecule has 0 aliphatic carbocycles. The van der Waals surface area contributed by atoms with Gasteiger partial charge >= 0.3 is 17.3 Å². The van der Waals surface area contributed by atoms with Crippen molar-refractivity contribution in [2.75, 3.05) is 4.90 Å². The summed E-state index contributed by atoms with van der Waals surface area (Å²) in [5, 5.41) is 21.3. The Morgan fingerprint density at radius 2 is 1.57 bits per heavy atom. The van der Waals surface area contributed by atoms with Crippen LogP contribution in [0.15, 0.2) is 56.0 Å². The van der Waals surface area contributed by atoms with Crippen LogP contribution < -0.4 is 27.4 Å². The molecule has 0 amide bonds. The molecule has 0 radical (unpaired) electrons. The van der Waals surface area contributed by atoms with Crippen LogP contribution in [0.3, 0.4) is 0 Å². The van der Waals surface area contributed by atoms with Crippen molar-refractivity contribution in [1.29, 1.82) is 0 Å². The lowest BCUT2D eigenvalue weighted by molar-refractivity contribution is -0.384. The molecule has 1 atom stereocenters. The van der Waals surface area contributed by atoms with Crippen molar-refractivity contribution in [3.63, 3.8) is 0 Å². The maximum atomic E-state index is 13.1. The van der Waals surface area contributed by atoms with E-state index in [0.29, 0.717) is 5.69 Å². The summed E-state index contributed by atoms with van der Waals surface area (Å²) in [5.74, 6) is -3.16.